The first-order valence-corrected chi connectivity index (χ1v) is 5.58. The van der Waals surface area contributed by atoms with Crippen LogP contribution in [0, 0.1) is 0 Å². The van der Waals surface area contributed by atoms with Gasteiger partial charge >= 0.3 is 0 Å². The molecule has 1 rings (SSSR count). The third kappa shape index (κ3) is 2.61. The van der Waals surface area contributed by atoms with E-state index in [1.807, 2.05) is 18.2 Å². The number of rotatable bonds is 3. The minimum Gasteiger partial charge on any atom is -0.497 e. The molecule has 0 saturated carbocycles. The minimum atomic E-state index is 0.429. The summed E-state index contributed by atoms with van der Waals surface area (Å²) in [6.45, 7) is 2.13. The fraction of sp³-hybridized carbons (Fsp3) is 0.400. The lowest BCUT2D eigenvalue weighted by Gasteiger charge is -2.11. The predicted molar refractivity (Wildman–Crippen MR) is 60.2 cm³/mol. The van der Waals surface area contributed by atoms with E-state index in [0.717, 1.165) is 21.7 Å². The molecule has 13 heavy (non-hydrogen) atoms. The topological polar surface area (TPSA) is 9.23 Å². The third-order valence-corrected chi connectivity index (χ3v) is 3.27. The van der Waals surface area contributed by atoms with Gasteiger partial charge < -0.3 is 4.74 Å². The number of methoxy groups -OCH3 is 1. The van der Waals surface area contributed by atoms with Crippen LogP contribution in [-0.4, -0.2) is 12.4 Å². The number of benzene rings is 1. The van der Waals surface area contributed by atoms with Crippen LogP contribution in [0.4, 0.5) is 0 Å². The van der Waals surface area contributed by atoms with Crippen LogP contribution in [0.15, 0.2) is 18.2 Å². The summed E-state index contributed by atoms with van der Waals surface area (Å²) in [4.78, 5) is 0. The van der Waals surface area contributed by atoms with E-state index in [-0.39, 0.29) is 0 Å². The molecule has 1 aromatic carbocycles. The maximum Gasteiger partial charge on any atom is 0.120 e. The molecule has 0 radical (unpaired) electrons. The van der Waals surface area contributed by atoms with Crippen molar-refractivity contribution in [3.63, 3.8) is 0 Å². The van der Waals surface area contributed by atoms with Gasteiger partial charge in [0.05, 0.1) is 7.11 Å². The van der Waals surface area contributed by atoms with Gasteiger partial charge in [0.2, 0.25) is 0 Å². The highest BCUT2D eigenvalue weighted by atomic mass is 79.9. The number of halogens is 2. The Balaban J connectivity index is 2.98. The average molecular weight is 264 g/mol. The molecule has 0 aliphatic carbocycles. The zero-order valence-corrected chi connectivity index (χ0v) is 10.0. The first-order chi connectivity index (χ1) is 6.19. The van der Waals surface area contributed by atoms with Crippen molar-refractivity contribution >= 4 is 27.5 Å². The van der Waals surface area contributed by atoms with Crippen LogP contribution in [0.3, 0.4) is 0 Å². The Hall–Kier alpha value is -0.210. The van der Waals surface area contributed by atoms with E-state index in [2.05, 4.69) is 22.9 Å². The summed E-state index contributed by atoms with van der Waals surface area (Å²) < 4.78 is 5.07. The van der Waals surface area contributed by atoms with Crippen molar-refractivity contribution in [2.24, 2.45) is 0 Å². The van der Waals surface area contributed by atoms with Crippen molar-refractivity contribution in [2.45, 2.75) is 12.8 Å². The van der Waals surface area contributed by atoms with Gasteiger partial charge in [-0.2, -0.15) is 0 Å². The van der Waals surface area contributed by atoms with Gasteiger partial charge in [0.1, 0.15) is 5.75 Å². The summed E-state index contributed by atoms with van der Waals surface area (Å²) in [7, 11) is 1.64. The lowest BCUT2D eigenvalue weighted by molar-refractivity contribution is 0.414. The van der Waals surface area contributed by atoms with Gasteiger partial charge in [-0.25, -0.2) is 0 Å². The largest absolute Gasteiger partial charge is 0.497 e. The van der Waals surface area contributed by atoms with Crippen molar-refractivity contribution < 1.29 is 4.74 Å². The molecule has 72 valence electrons. The second kappa shape index (κ2) is 4.87. The SMILES string of the molecule is COc1ccc(C(C)CBr)c(Cl)c1. The predicted octanol–water partition coefficient (Wildman–Crippen LogP) is 3.85. The van der Waals surface area contributed by atoms with Crippen LogP contribution in [0.5, 0.6) is 5.75 Å². The molecule has 3 heteroatoms. The number of hydrogen-bond acceptors (Lipinski definition) is 1. The summed E-state index contributed by atoms with van der Waals surface area (Å²) in [6.07, 6.45) is 0. The van der Waals surface area contributed by atoms with Crippen LogP contribution >= 0.6 is 27.5 Å². The summed E-state index contributed by atoms with van der Waals surface area (Å²) in [5, 5.41) is 1.69. The van der Waals surface area contributed by atoms with Crippen molar-refractivity contribution in [3.8, 4) is 5.75 Å². The first kappa shape index (κ1) is 10.9. The molecule has 1 aromatic rings. The summed E-state index contributed by atoms with van der Waals surface area (Å²) in [5.41, 5.74) is 1.15. The fourth-order valence-corrected chi connectivity index (χ4v) is 1.82. The van der Waals surface area contributed by atoms with Gasteiger partial charge in [0.15, 0.2) is 0 Å². The van der Waals surface area contributed by atoms with E-state index < -0.39 is 0 Å². The second-order valence-electron chi connectivity index (χ2n) is 2.94. The molecule has 0 amide bonds. The van der Waals surface area contributed by atoms with Gasteiger partial charge in [0.25, 0.3) is 0 Å². The molecule has 0 fully saturated rings. The van der Waals surface area contributed by atoms with Crippen molar-refractivity contribution in [3.05, 3.63) is 28.8 Å². The quantitative estimate of drug-likeness (QED) is 0.753. The highest BCUT2D eigenvalue weighted by Gasteiger charge is 2.08. The van der Waals surface area contributed by atoms with E-state index in [9.17, 15) is 0 Å². The van der Waals surface area contributed by atoms with Crippen molar-refractivity contribution in [2.75, 3.05) is 12.4 Å². The van der Waals surface area contributed by atoms with Crippen LogP contribution in [0.25, 0.3) is 0 Å². The molecule has 0 N–H and O–H groups in total. The van der Waals surface area contributed by atoms with Crippen molar-refractivity contribution in [1.29, 1.82) is 0 Å². The Morgan fingerprint density at radius 1 is 1.54 bits per heavy atom. The third-order valence-electron chi connectivity index (χ3n) is 1.97. The summed E-state index contributed by atoms with van der Waals surface area (Å²) in [6, 6.07) is 5.78. The lowest BCUT2D eigenvalue weighted by Crippen LogP contribution is -1.95. The molecule has 0 aliphatic heterocycles. The Morgan fingerprint density at radius 3 is 2.69 bits per heavy atom. The molecule has 0 spiro atoms. The zero-order chi connectivity index (χ0) is 9.84. The Labute approximate surface area is 92.2 Å². The van der Waals surface area contributed by atoms with Gasteiger partial charge in [-0.05, 0) is 23.6 Å². The first-order valence-electron chi connectivity index (χ1n) is 4.08. The summed E-state index contributed by atoms with van der Waals surface area (Å²) in [5.74, 6) is 1.23. The van der Waals surface area contributed by atoms with Crippen molar-refractivity contribution in [1.82, 2.24) is 0 Å². The molecule has 0 aliphatic rings. The van der Waals surface area contributed by atoms with Gasteiger partial charge in [-0.15, -0.1) is 0 Å². The maximum absolute atomic E-state index is 6.08. The van der Waals surface area contributed by atoms with E-state index in [1.165, 1.54) is 0 Å². The lowest BCUT2D eigenvalue weighted by atomic mass is 10.0. The molecule has 0 aromatic heterocycles. The average Bonchev–Trinajstić information content (AvgIpc) is 2.16. The van der Waals surface area contributed by atoms with Gasteiger partial charge in [0, 0.05) is 10.4 Å². The van der Waals surface area contributed by atoms with E-state index in [0.29, 0.717) is 5.92 Å². The Bertz CT molecular complexity index is 288. The van der Waals surface area contributed by atoms with Crippen LogP contribution in [-0.2, 0) is 0 Å². The molecule has 1 nitrogen and oxygen atoms in total. The second-order valence-corrected chi connectivity index (χ2v) is 4.00. The van der Waals surface area contributed by atoms with E-state index in [4.69, 9.17) is 16.3 Å². The monoisotopic (exact) mass is 262 g/mol. The standard InChI is InChI=1S/C10H12BrClO/c1-7(6-11)9-4-3-8(13-2)5-10(9)12/h3-5,7H,6H2,1-2H3. The highest BCUT2D eigenvalue weighted by molar-refractivity contribution is 9.09. The number of hydrogen-bond donors (Lipinski definition) is 0. The van der Waals surface area contributed by atoms with Crippen LogP contribution in [0.2, 0.25) is 5.02 Å². The molecular formula is C10H12BrClO. The van der Waals surface area contributed by atoms with Crippen LogP contribution < -0.4 is 4.74 Å². The molecule has 1 atom stereocenters. The zero-order valence-electron chi connectivity index (χ0n) is 7.68. The van der Waals surface area contributed by atoms with Gasteiger partial charge in [-0.1, -0.05) is 40.5 Å². The fourth-order valence-electron chi connectivity index (χ4n) is 1.12. The smallest absolute Gasteiger partial charge is 0.120 e. The molecule has 1 unspecified atom stereocenters. The molecule has 0 heterocycles. The normalized spacial score (nSPS) is 12.6. The minimum absolute atomic E-state index is 0.429. The molecule has 0 saturated heterocycles. The van der Waals surface area contributed by atoms with E-state index in [1.54, 1.807) is 7.11 Å². The van der Waals surface area contributed by atoms with Gasteiger partial charge in [-0.3, -0.25) is 0 Å². The summed E-state index contributed by atoms with van der Waals surface area (Å²) >= 11 is 9.51. The Kier molecular flexibility index (Phi) is 4.07. The molecule has 0 bridgehead atoms. The van der Waals surface area contributed by atoms with Crippen LogP contribution in [0.1, 0.15) is 18.4 Å². The highest BCUT2D eigenvalue weighted by Crippen LogP contribution is 2.29. The van der Waals surface area contributed by atoms with E-state index >= 15 is 0 Å². The maximum atomic E-state index is 6.08. The Morgan fingerprint density at radius 2 is 2.23 bits per heavy atom. The molecular weight excluding hydrogens is 251 g/mol. The number of alkyl halides is 1. The number of ether oxygens (including phenoxy) is 1.